The van der Waals surface area contributed by atoms with E-state index in [4.69, 9.17) is 11.6 Å². The number of nitrogens with zero attached hydrogens (tertiary/aromatic N) is 3. The van der Waals surface area contributed by atoms with Crippen LogP contribution in [0.4, 0.5) is 4.39 Å². The molecule has 3 rings (SSSR count). The molecule has 6 heteroatoms. The van der Waals surface area contributed by atoms with Crippen LogP contribution in [0.2, 0.25) is 5.02 Å². The first-order valence-corrected chi connectivity index (χ1v) is 9.02. The van der Waals surface area contributed by atoms with Gasteiger partial charge in [-0.1, -0.05) is 53.7 Å². The molecule has 1 aromatic heterocycles. The molecule has 3 nitrogen and oxygen atoms in total. The van der Waals surface area contributed by atoms with Crippen LogP contribution in [0.5, 0.6) is 0 Å². The molecule has 0 N–H and O–H groups in total. The van der Waals surface area contributed by atoms with Gasteiger partial charge in [0.15, 0.2) is 11.0 Å². The lowest BCUT2D eigenvalue weighted by molar-refractivity contribution is 0.627. The second-order valence-electron chi connectivity index (χ2n) is 5.39. The fraction of sp³-hybridized carbons (Fsp3) is 0.222. The van der Waals surface area contributed by atoms with Crippen molar-refractivity contribution in [1.29, 1.82) is 0 Å². The van der Waals surface area contributed by atoms with E-state index in [-0.39, 0.29) is 5.82 Å². The van der Waals surface area contributed by atoms with E-state index in [0.717, 1.165) is 34.2 Å². The van der Waals surface area contributed by atoms with E-state index in [0.29, 0.717) is 10.8 Å². The Balaban J connectivity index is 1.86. The average Bonchev–Trinajstić information content (AvgIpc) is 2.97. The molecule has 0 spiro atoms. The van der Waals surface area contributed by atoms with E-state index in [2.05, 4.69) is 40.7 Å². The highest BCUT2D eigenvalue weighted by molar-refractivity contribution is 7.98. The van der Waals surface area contributed by atoms with E-state index >= 15 is 0 Å². The lowest BCUT2D eigenvalue weighted by Crippen LogP contribution is -2.01. The first kappa shape index (κ1) is 17.0. The molecular weight excluding hydrogens is 345 g/mol. The van der Waals surface area contributed by atoms with Gasteiger partial charge < -0.3 is 4.57 Å². The maximum Gasteiger partial charge on any atom is 0.191 e. The van der Waals surface area contributed by atoms with E-state index in [1.165, 1.54) is 12.1 Å². The molecule has 0 fully saturated rings. The van der Waals surface area contributed by atoms with Crippen molar-refractivity contribution in [2.75, 3.05) is 0 Å². The van der Waals surface area contributed by atoms with Gasteiger partial charge in [-0.15, -0.1) is 10.2 Å². The smallest absolute Gasteiger partial charge is 0.191 e. The molecule has 124 valence electrons. The summed E-state index contributed by atoms with van der Waals surface area (Å²) in [5, 5.41) is 9.96. The van der Waals surface area contributed by atoms with Gasteiger partial charge in [0.05, 0.1) is 0 Å². The van der Waals surface area contributed by atoms with Crippen molar-refractivity contribution in [2.24, 2.45) is 0 Å². The van der Waals surface area contributed by atoms with E-state index in [1.807, 2.05) is 12.1 Å². The van der Waals surface area contributed by atoms with Crippen LogP contribution in [0.25, 0.3) is 11.4 Å². The SMILES string of the molecule is CCn1c(SCc2ccc(F)cc2Cl)nnc1-c1ccccc1C. The lowest BCUT2D eigenvalue weighted by Gasteiger charge is -2.09. The van der Waals surface area contributed by atoms with Crippen molar-refractivity contribution in [2.45, 2.75) is 31.3 Å². The molecule has 0 unspecified atom stereocenters. The highest BCUT2D eigenvalue weighted by Crippen LogP contribution is 2.30. The number of hydrogen-bond acceptors (Lipinski definition) is 3. The van der Waals surface area contributed by atoms with Crippen LogP contribution in [0.15, 0.2) is 47.6 Å². The predicted octanol–water partition coefficient (Wildman–Crippen LogP) is 5.36. The number of rotatable bonds is 5. The number of hydrogen-bond donors (Lipinski definition) is 0. The Morgan fingerprint density at radius 2 is 1.96 bits per heavy atom. The first-order valence-electron chi connectivity index (χ1n) is 7.66. The molecule has 0 bridgehead atoms. The molecule has 1 heterocycles. The summed E-state index contributed by atoms with van der Waals surface area (Å²) in [6.45, 7) is 4.91. The molecule has 0 atom stereocenters. The Morgan fingerprint density at radius 1 is 1.17 bits per heavy atom. The molecule has 0 radical (unpaired) electrons. The molecule has 2 aromatic carbocycles. The van der Waals surface area contributed by atoms with Gasteiger partial charge in [0.2, 0.25) is 0 Å². The van der Waals surface area contributed by atoms with Crippen LogP contribution < -0.4 is 0 Å². The van der Waals surface area contributed by atoms with Gasteiger partial charge in [0, 0.05) is 22.9 Å². The monoisotopic (exact) mass is 361 g/mol. The molecule has 3 aromatic rings. The molecule has 0 amide bonds. The quantitative estimate of drug-likeness (QED) is 0.573. The number of thioether (sulfide) groups is 1. The zero-order valence-corrected chi connectivity index (χ0v) is 15.0. The van der Waals surface area contributed by atoms with E-state index < -0.39 is 0 Å². The van der Waals surface area contributed by atoms with Crippen molar-refractivity contribution in [3.63, 3.8) is 0 Å². The van der Waals surface area contributed by atoms with Gasteiger partial charge in [-0.25, -0.2) is 4.39 Å². The van der Waals surface area contributed by atoms with Crippen molar-refractivity contribution in [3.8, 4) is 11.4 Å². The highest BCUT2D eigenvalue weighted by atomic mass is 35.5. The summed E-state index contributed by atoms with van der Waals surface area (Å²) in [5.41, 5.74) is 3.13. The zero-order chi connectivity index (χ0) is 17.1. The summed E-state index contributed by atoms with van der Waals surface area (Å²) in [4.78, 5) is 0. The van der Waals surface area contributed by atoms with Gasteiger partial charge in [0.1, 0.15) is 5.82 Å². The fourth-order valence-electron chi connectivity index (χ4n) is 2.48. The number of benzene rings is 2. The largest absolute Gasteiger partial charge is 0.302 e. The molecular formula is C18H17ClFN3S. The number of halogens is 2. The fourth-order valence-corrected chi connectivity index (χ4v) is 3.80. The van der Waals surface area contributed by atoms with Crippen LogP contribution in [0, 0.1) is 12.7 Å². The van der Waals surface area contributed by atoms with Gasteiger partial charge in [-0.2, -0.15) is 0 Å². The summed E-state index contributed by atoms with van der Waals surface area (Å²) in [6, 6.07) is 12.6. The molecule has 0 saturated carbocycles. The van der Waals surface area contributed by atoms with Gasteiger partial charge in [-0.3, -0.25) is 0 Å². The second kappa shape index (κ2) is 7.36. The highest BCUT2D eigenvalue weighted by Gasteiger charge is 2.15. The molecule has 0 saturated heterocycles. The van der Waals surface area contributed by atoms with Gasteiger partial charge in [-0.05, 0) is 37.1 Å². The van der Waals surface area contributed by atoms with Crippen LogP contribution in [0.1, 0.15) is 18.1 Å². The minimum Gasteiger partial charge on any atom is -0.302 e. The minimum absolute atomic E-state index is 0.327. The first-order chi connectivity index (χ1) is 11.6. The summed E-state index contributed by atoms with van der Waals surface area (Å²) < 4.78 is 15.2. The Kier molecular flexibility index (Phi) is 5.21. The Morgan fingerprint density at radius 3 is 2.67 bits per heavy atom. The Bertz CT molecular complexity index is 863. The van der Waals surface area contributed by atoms with Crippen LogP contribution in [-0.2, 0) is 12.3 Å². The Labute approximate surface area is 149 Å². The normalized spacial score (nSPS) is 11.0. The van der Waals surface area contributed by atoms with E-state index in [9.17, 15) is 4.39 Å². The van der Waals surface area contributed by atoms with Crippen LogP contribution in [0.3, 0.4) is 0 Å². The standard InChI is InChI=1S/C18H17ClFN3S/c1-3-23-17(15-7-5-4-6-12(15)2)21-22-18(23)24-11-13-8-9-14(20)10-16(13)19/h4-10H,3,11H2,1-2H3. The Hall–Kier alpha value is -1.85. The van der Waals surface area contributed by atoms with E-state index in [1.54, 1.807) is 17.8 Å². The molecule has 0 aliphatic heterocycles. The average molecular weight is 362 g/mol. The second-order valence-corrected chi connectivity index (χ2v) is 6.74. The van der Waals surface area contributed by atoms with Crippen LogP contribution in [-0.4, -0.2) is 14.8 Å². The molecule has 24 heavy (non-hydrogen) atoms. The maximum absolute atomic E-state index is 13.1. The van der Waals surface area contributed by atoms with Gasteiger partial charge >= 0.3 is 0 Å². The third kappa shape index (κ3) is 3.47. The summed E-state index contributed by atoms with van der Waals surface area (Å²) >= 11 is 7.64. The summed E-state index contributed by atoms with van der Waals surface area (Å²) in [7, 11) is 0. The van der Waals surface area contributed by atoms with Crippen molar-refractivity contribution in [3.05, 3.63) is 64.4 Å². The lowest BCUT2D eigenvalue weighted by atomic mass is 10.1. The van der Waals surface area contributed by atoms with Crippen molar-refractivity contribution < 1.29 is 4.39 Å². The topological polar surface area (TPSA) is 30.7 Å². The number of aromatic nitrogens is 3. The maximum atomic E-state index is 13.1. The third-order valence-electron chi connectivity index (χ3n) is 3.79. The van der Waals surface area contributed by atoms with Crippen molar-refractivity contribution in [1.82, 2.24) is 14.8 Å². The molecule has 0 aliphatic rings. The van der Waals surface area contributed by atoms with Crippen molar-refractivity contribution >= 4 is 23.4 Å². The minimum atomic E-state index is -0.327. The summed E-state index contributed by atoms with van der Waals surface area (Å²) in [6.07, 6.45) is 0. The van der Waals surface area contributed by atoms with Gasteiger partial charge in [0.25, 0.3) is 0 Å². The summed E-state index contributed by atoms with van der Waals surface area (Å²) in [5.74, 6) is 1.15. The zero-order valence-electron chi connectivity index (χ0n) is 13.5. The third-order valence-corrected chi connectivity index (χ3v) is 5.16. The predicted molar refractivity (Wildman–Crippen MR) is 96.8 cm³/mol. The number of aryl methyl sites for hydroxylation is 1. The molecule has 0 aliphatic carbocycles. The van der Waals surface area contributed by atoms with Crippen LogP contribution >= 0.6 is 23.4 Å².